The van der Waals surface area contributed by atoms with Crippen LogP contribution in [0.2, 0.25) is 0 Å². The summed E-state index contributed by atoms with van der Waals surface area (Å²) in [6, 6.07) is 0. The Hall–Kier alpha value is -1.03. The van der Waals surface area contributed by atoms with Crippen molar-refractivity contribution in [2.75, 3.05) is 31.0 Å². The van der Waals surface area contributed by atoms with Gasteiger partial charge in [0, 0.05) is 19.5 Å². The van der Waals surface area contributed by atoms with Crippen molar-refractivity contribution in [3.05, 3.63) is 11.9 Å². The molecule has 15 heavy (non-hydrogen) atoms. The van der Waals surface area contributed by atoms with Crippen molar-refractivity contribution in [2.45, 2.75) is 13.8 Å². The molecule has 0 unspecified atom stereocenters. The van der Waals surface area contributed by atoms with Crippen molar-refractivity contribution in [1.29, 1.82) is 0 Å². The molecule has 0 fully saturated rings. The van der Waals surface area contributed by atoms with Crippen molar-refractivity contribution in [2.24, 2.45) is 0 Å². The molecule has 0 radical (unpaired) electrons. The first kappa shape index (κ1) is 12.0. The molecule has 0 aliphatic heterocycles. The first-order valence-corrected chi connectivity index (χ1v) is 5.45. The molecular formula is C10H16ClN3O. The van der Waals surface area contributed by atoms with Gasteiger partial charge in [0.2, 0.25) is 5.88 Å². The van der Waals surface area contributed by atoms with Gasteiger partial charge in [0.15, 0.2) is 0 Å². The van der Waals surface area contributed by atoms with Gasteiger partial charge in [0.25, 0.3) is 0 Å². The fourth-order valence-corrected chi connectivity index (χ4v) is 1.58. The van der Waals surface area contributed by atoms with E-state index in [-0.39, 0.29) is 0 Å². The van der Waals surface area contributed by atoms with E-state index < -0.39 is 0 Å². The van der Waals surface area contributed by atoms with Crippen LogP contribution in [0.15, 0.2) is 6.33 Å². The van der Waals surface area contributed by atoms with Gasteiger partial charge in [0.05, 0.1) is 12.2 Å². The number of hydrogen-bond donors (Lipinski definition) is 0. The van der Waals surface area contributed by atoms with Gasteiger partial charge in [-0.3, -0.25) is 0 Å². The normalized spacial score (nSPS) is 10.1. The minimum atomic E-state index is 0.573. The molecule has 1 aromatic rings. The molecule has 0 spiro atoms. The lowest BCUT2D eigenvalue weighted by Gasteiger charge is -2.19. The minimum absolute atomic E-state index is 0.573. The molecule has 1 aromatic heterocycles. The molecule has 0 saturated carbocycles. The Morgan fingerprint density at radius 3 is 2.80 bits per heavy atom. The Morgan fingerprint density at radius 1 is 1.47 bits per heavy atom. The number of alkyl halides is 1. The smallest absolute Gasteiger partial charge is 0.221 e. The van der Waals surface area contributed by atoms with Crippen molar-refractivity contribution < 1.29 is 4.74 Å². The third-order valence-electron chi connectivity index (χ3n) is 2.07. The summed E-state index contributed by atoms with van der Waals surface area (Å²) in [5.41, 5.74) is 0.951. The van der Waals surface area contributed by atoms with E-state index in [1.165, 1.54) is 6.33 Å². The molecule has 0 amide bonds. The van der Waals surface area contributed by atoms with Crippen molar-refractivity contribution in [3.8, 4) is 5.88 Å². The van der Waals surface area contributed by atoms with E-state index in [1.807, 2.05) is 25.8 Å². The molecule has 0 aliphatic carbocycles. The largest absolute Gasteiger partial charge is 0.478 e. The highest BCUT2D eigenvalue weighted by atomic mass is 35.5. The maximum Gasteiger partial charge on any atom is 0.221 e. The minimum Gasteiger partial charge on any atom is -0.478 e. The summed E-state index contributed by atoms with van der Waals surface area (Å²) in [6.45, 7) is 5.25. The van der Waals surface area contributed by atoms with E-state index in [4.69, 9.17) is 16.3 Å². The standard InChI is InChI=1S/C10H16ClN3O/c1-4-15-10-8(2)9(12-7-13-10)14(3)6-5-11/h7H,4-6H2,1-3H3. The lowest BCUT2D eigenvalue weighted by molar-refractivity contribution is 0.323. The predicted octanol–water partition coefficient (Wildman–Crippen LogP) is 1.86. The lowest BCUT2D eigenvalue weighted by Crippen LogP contribution is -2.22. The number of nitrogens with zero attached hydrogens (tertiary/aromatic N) is 3. The highest BCUT2D eigenvalue weighted by Crippen LogP contribution is 2.22. The number of hydrogen-bond acceptors (Lipinski definition) is 4. The average Bonchev–Trinajstić information content (AvgIpc) is 2.22. The summed E-state index contributed by atoms with van der Waals surface area (Å²) >= 11 is 5.68. The number of halogens is 1. The van der Waals surface area contributed by atoms with E-state index in [9.17, 15) is 0 Å². The Morgan fingerprint density at radius 2 is 2.20 bits per heavy atom. The van der Waals surface area contributed by atoms with E-state index in [0.29, 0.717) is 18.4 Å². The van der Waals surface area contributed by atoms with Gasteiger partial charge < -0.3 is 9.64 Å². The summed E-state index contributed by atoms with van der Waals surface area (Å²) in [7, 11) is 1.95. The molecule has 1 heterocycles. The molecule has 0 N–H and O–H groups in total. The molecule has 0 atom stereocenters. The van der Waals surface area contributed by atoms with Gasteiger partial charge in [-0.15, -0.1) is 11.6 Å². The van der Waals surface area contributed by atoms with Crippen LogP contribution in [0.3, 0.4) is 0 Å². The fourth-order valence-electron chi connectivity index (χ4n) is 1.33. The third-order valence-corrected chi connectivity index (χ3v) is 2.24. The second-order valence-corrected chi connectivity index (χ2v) is 3.55. The van der Waals surface area contributed by atoms with Crippen LogP contribution in [-0.4, -0.2) is 36.0 Å². The van der Waals surface area contributed by atoms with Crippen molar-refractivity contribution >= 4 is 17.4 Å². The fraction of sp³-hybridized carbons (Fsp3) is 0.600. The molecule has 5 heteroatoms. The van der Waals surface area contributed by atoms with Gasteiger partial charge in [-0.2, -0.15) is 0 Å². The molecule has 4 nitrogen and oxygen atoms in total. The topological polar surface area (TPSA) is 38.3 Å². The van der Waals surface area contributed by atoms with Gasteiger partial charge in [0.1, 0.15) is 12.1 Å². The zero-order valence-electron chi connectivity index (χ0n) is 9.33. The number of anilines is 1. The van der Waals surface area contributed by atoms with Crippen LogP contribution in [0.5, 0.6) is 5.88 Å². The highest BCUT2D eigenvalue weighted by Gasteiger charge is 2.10. The molecule has 0 aliphatic rings. The molecular weight excluding hydrogens is 214 g/mol. The SMILES string of the molecule is CCOc1ncnc(N(C)CCCl)c1C. The maximum atomic E-state index is 5.68. The van der Waals surface area contributed by atoms with E-state index in [2.05, 4.69) is 9.97 Å². The molecule has 84 valence electrons. The Labute approximate surface area is 95.2 Å². The number of aromatic nitrogens is 2. The van der Waals surface area contributed by atoms with E-state index >= 15 is 0 Å². The van der Waals surface area contributed by atoms with Crippen molar-refractivity contribution in [1.82, 2.24) is 9.97 Å². The molecule has 0 saturated heterocycles. The Bertz CT molecular complexity index is 320. The van der Waals surface area contributed by atoms with Gasteiger partial charge in [-0.1, -0.05) is 0 Å². The zero-order chi connectivity index (χ0) is 11.3. The first-order chi connectivity index (χ1) is 7.20. The van der Waals surface area contributed by atoms with Crippen LogP contribution in [0, 0.1) is 6.92 Å². The van der Waals surface area contributed by atoms with Crippen LogP contribution in [-0.2, 0) is 0 Å². The van der Waals surface area contributed by atoms with Gasteiger partial charge in [-0.05, 0) is 13.8 Å². The quantitative estimate of drug-likeness (QED) is 0.723. The average molecular weight is 230 g/mol. The molecule has 0 bridgehead atoms. The molecule has 0 aromatic carbocycles. The maximum absolute atomic E-state index is 5.68. The second kappa shape index (κ2) is 5.75. The van der Waals surface area contributed by atoms with Crippen molar-refractivity contribution in [3.63, 3.8) is 0 Å². The van der Waals surface area contributed by atoms with E-state index in [1.54, 1.807) is 0 Å². The van der Waals surface area contributed by atoms with Crippen LogP contribution < -0.4 is 9.64 Å². The summed E-state index contributed by atoms with van der Waals surface area (Å²) in [5, 5.41) is 0. The van der Waals surface area contributed by atoms with Crippen LogP contribution in [0.25, 0.3) is 0 Å². The lowest BCUT2D eigenvalue weighted by atomic mass is 10.3. The number of ether oxygens (including phenoxy) is 1. The van der Waals surface area contributed by atoms with E-state index in [0.717, 1.165) is 17.9 Å². The Balaban J connectivity index is 2.92. The highest BCUT2D eigenvalue weighted by molar-refractivity contribution is 6.18. The third kappa shape index (κ3) is 2.96. The summed E-state index contributed by atoms with van der Waals surface area (Å²) in [5.74, 6) is 2.09. The summed E-state index contributed by atoms with van der Waals surface area (Å²) in [6.07, 6.45) is 1.51. The van der Waals surface area contributed by atoms with Crippen LogP contribution in [0.4, 0.5) is 5.82 Å². The number of rotatable bonds is 5. The first-order valence-electron chi connectivity index (χ1n) is 4.92. The summed E-state index contributed by atoms with van der Waals surface area (Å²) in [4.78, 5) is 10.3. The van der Waals surface area contributed by atoms with Crippen LogP contribution >= 0.6 is 11.6 Å². The van der Waals surface area contributed by atoms with Gasteiger partial charge in [-0.25, -0.2) is 9.97 Å². The molecule has 1 rings (SSSR count). The second-order valence-electron chi connectivity index (χ2n) is 3.17. The predicted molar refractivity (Wildman–Crippen MR) is 61.9 cm³/mol. The monoisotopic (exact) mass is 229 g/mol. The van der Waals surface area contributed by atoms with Crippen LogP contribution in [0.1, 0.15) is 12.5 Å². The zero-order valence-corrected chi connectivity index (χ0v) is 10.1. The Kier molecular flexibility index (Phi) is 4.62. The summed E-state index contributed by atoms with van der Waals surface area (Å²) < 4.78 is 5.39. The van der Waals surface area contributed by atoms with Gasteiger partial charge >= 0.3 is 0 Å².